The maximum absolute atomic E-state index is 12.7. The zero-order valence-electron chi connectivity index (χ0n) is 11.3. The van der Waals surface area contributed by atoms with E-state index in [0.717, 1.165) is 16.7 Å². The number of amides is 1. The maximum Gasteiger partial charge on any atom is 0.244 e. The number of allylic oxidation sites excluding steroid dienone is 1. The van der Waals surface area contributed by atoms with E-state index in [4.69, 9.17) is 0 Å². The lowest BCUT2D eigenvalue weighted by Crippen LogP contribution is -2.20. The highest BCUT2D eigenvalue weighted by Crippen LogP contribution is 2.12. The number of nitrogens with one attached hydrogen (secondary N) is 1. The minimum Gasteiger partial charge on any atom is -0.348 e. The zero-order valence-corrected chi connectivity index (χ0v) is 11.3. The van der Waals surface area contributed by atoms with Crippen molar-refractivity contribution in [1.29, 1.82) is 0 Å². The molecule has 0 heterocycles. The van der Waals surface area contributed by atoms with Crippen molar-refractivity contribution in [2.45, 2.75) is 13.5 Å². The van der Waals surface area contributed by atoms with Crippen molar-refractivity contribution in [3.05, 3.63) is 77.6 Å². The Labute approximate surface area is 118 Å². The molecule has 0 atom stereocenters. The summed E-state index contributed by atoms with van der Waals surface area (Å²) in [6.45, 7) is 2.28. The summed E-state index contributed by atoms with van der Waals surface area (Å²) in [4.78, 5) is 11.8. The summed E-state index contributed by atoms with van der Waals surface area (Å²) in [5.41, 5.74) is 2.79. The molecule has 2 nitrogen and oxygen atoms in total. The first-order chi connectivity index (χ1) is 9.65. The molecule has 2 aromatic rings. The van der Waals surface area contributed by atoms with E-state index in [0.29, 0.717) is 6.54 Å². The van der Waals surface area contributed by atoms with Crippen LogP contribution in [0.25, 0.3) is 5.57 Å². The molecule has 0 aromatic heterocycles. The molecule has 0 saturated heterocycles. The monoisotopic (exact) mass is 269 g/mol. The van der Waals surface area contributed by atoms with Gasteiger partial charge in [-0.15, -0.1) is 0 Å². The van der Waals surface area contributed by atoms with Gasteiger partial charge in [0.05, 0.1) is 0 Å². The smallest absolute Gasteiger partial charge is 0.244 e. The van der Waals surface area contributed by atoms with E-state index in [-0.39, 0.29) is 11.7 Å². The van der Waals surface area contributed by atoms with Gasteiger partial charge in [0.25, 0.3) is 0 Å². The van der Waals surface area contributed by atoms with E-state index >= 15 is 0 Å². The highest BCUT2D eigenvalue weighted by atomic mass is 19.1. The summed E-state index contributed by atoms with van der Waals surface area (Å²) in [5.74, 6) is -0.435. The number of carbonyl (C=O) groups excluding carboxylic acids is 1. The van der Waals surface area contributed by atoms with Gasteiger partial charge in [-0.1, -0.05) is 42.5 Å². The predicted molar refractivity (Wildman–Crippen MR) is 78.3 cm³/mol. The molecule has 0 fully saturated rings. The Kier molecular flexibility index (Phi) is 4.66. The van der Waals surface area contributed by atoms with Gasteiger partial charge in [-0.05, 0) is 35.8 Å². The van der Waals surface area contributed by atoms with Crippen LogP contribution in [0.15, 0.2) is 60.7 Å². The van der Waals surface area contributed by atoms with Crippen LogP contribution in [-0.4, -0.2) is 5.91 Å². The molecular weight excluding hydrogens is 253 g/mol. The van der Waals surface area contributed by atoms with E-state index in [1.54, 1.807) is 18.2 Å². The van der Waals surface area contributed by atoms with Crippen molar-refractivity contribution in [2.75, 3.05) is 0 Å². The second kappa shape index (κ2) is 6.66. The van der Waals surface area contributed by atoms with Crippen LogP contribution in [0.5, 0.6) is 0 Å². The number of halogens is 1. The number of carbonyl (C=O) groups is 1. The Morgan fingerprint density at radius 2 is 1.75 bits per heavy atom. The van der Waals surface area contributed by atoms with E-state index in [1.807, 2.05) is 37.3 Å². The Hall–Kier alpha value is -2.42. The largest absolute Gasteiger partial charge is 0.348 e. The maximum atomic E-state index is 12.7. The Bertz CT molecular complexity index is 603. The van der Waals surface area contributed by atoms with Gasteiger partial charge in [0, 0.05) is 12.6 Å². The second-order valence-electron chi connectivity index (χ2n) is 4.54. The zero-order chi connectivity index (χ0) is 14.4. The predicted octanol–water partition coefficient (Wildman–Crippen LogP) is 3.55. The normalized spacial score (nSPS) is 11.2. The number of rotatable bonds is 4. The average Bonchev–Trinajstić information content (AvgIpc) is 2.47. The van der Waals surface area contributed by atoms with Crippen LogP contribution < -0.4 is 5.32 Å². The standard InChI is InChI=1S/C17H16FNO/c1-13(15-5-3-2-4-6-15)11-17(20)19-12-14-7-9-16(18)10-8-14/h2-11H,12H2,1H3,(H,19,20)/b13-11+. The van der Waals surface area contributed by atoms with Crippen molar-refractivity contribution < 1.29 is 9.18 Å². The molecule has 0 spiro atoms. The van der Waals surface area contributed by atoms with Gasteiger partial charge in [0.2, 0.25) is 5.91 Å². The Morgan fingerprint density at radius 3 is 2.40 bits per heavy atom. The summed E-state index contributed by atoms with van der Waals surface area (Å²) >= 11 is 0. The molecule has 0 bridgehead atoms. The van der Waals surface area contributed by atoms with Crippen LogP contribution in [0.3, 0.4) is 0 Å². The first-order valence-corrected chi connectivity index (χ1v) is 6.41. The van der Waals surface area contributed by atoms with E-state index < -0.39 is 0 Å². The lowest BCUT2D eigenvalue weighted by molar-refractivity contribution is -0.116. The van der Waals surface area contributed by atoms with Crippen LogP contribution in [0.2, 0.25) is 0 Å². The number of hydrogen-bond acceptors (Lipinski definition) is 1. The number of benzene rings is 2. The molecule has 3 heteroatoms. The topological polar surface area (TPSA) is 29.1 Å². The van der Waals surface area contributed by atoms with Gasteiger partial charge >= 0.3 is 0 Å². The third kappa shape index (κ3) is 4.05. The van der Waals surface area contributed by atoms with Gasteiger partial charge < -0.3 is 5.32 Å². The minimum atomic E-state index is -0.278. The van der Waals surface area contributed by atoms with Gasteiger partial charge in [-0.2, -0.15) is 0 Å². The van der Waals surface area contributed by atoms with Gasteiger partial charge in [-0.25, -0.2) is 4.39 Å². The third-order valence-corrected chi connectivity index (χ3v) is 2.96. The first kappa shape index (κ1) is 14.0. The summed E-state index contributed by atoms with van der Waals surface area (Å²) in [6, 6.07) is 15.8. The fourth-order valence-electron chi connectivity index (χ4n) is 1.82. The number of hydrogen-bond donors (Lipinski definition) is 1. The average molecular weight is 269 g/mol. The fraction of sp³-hybridized carbons (Fsp3) is 0.118. The second-order valence-corrected chi connectivity index (χ2v) is 4.54. The van der Waals surface area contributed by atoms with E-state index in [1.165, 1.54) is 12.1 Å². The summed E-state index contributed by atoms with van der Waals surface area (Å²) < 4.78 is 12.7. The quantitative estimate of drug-likeness (QED) is 0.845. The van der Waals surface area contributed by atoms with Gasteiger partial charge in [-0.3, -0.25) is 4.79 Å². The Morgan fingerprint density at radius 1 is 1.10 bits per heavy atom. The molecule has 0 aliphatic carbocycles. The third-order valence-electron chi connectivity index (χ3n) is 2.96. The first-order valence-electron chi connectivity index (χ1n) is 6.41. The van der Waals surface area contributed by atoms with E-state index in [2.05, 4.69) is 5.32 Å². The summed E-state index contributed by atoms with van der Waals surface area (Å²) in [6.07, 6.45) is 1.57. The van der Waals surface area contributed by atoms with Crippen molar-refractivity contribution in [2.24, 2.45) is 0 Å². The molecule has 2 rings (SSSR count). The molecule has 0 radical (unpaired) electrons. The highest BCUT2D eigenvalue weighted by molar-refractivity contribution is 5.94. The molecule has 102 valence electrons. The molecule has 0 saturated carbocycles. The van der Waals surface area contributed by atoms with Crippen LogP contribution in [0.1, 0.15) is 18.1 Å². The molecular formula is C17H16FNO. The van der Waals surface area contributed by atoms with Crippen LogP contribution in [0, 0.1) is 5.82 Å². The van der Waals surface area contributed by atoms with Crippen molar-refractivity contribution >= 4 is 11.5 Å². The molecule has 2 aromatic carbocycles. The van der Waals surface area contributed by atoms with Crippen molar-refractivity contribution in [3.8, 4) is 0 Å². The molecule has 20 heavy (non-hydrogen) atoms. The molecule has 1 N–H and O–H groups in total. The lowest BCUT2D eigenvalue weighted by atomic mass is 10.1. The van der Waals surface area contributed by atoms with Gasteiger partial charge in [0.1, 0.15) is 5.82 Å². The highest BCUT2D eigenvalue weighted by Gasteiger charge is 2.01. The Balaban J connectivity index is 1.94. The molecule has 1 amide bonds. The SMILES string of the molecule is C/C(=C\C(=O)NCc1ccc(F)cc1)c1ccccc1. The minimum absolute atomic E-state index is 0.157. The molecule has 0 aliphatic heterocycles. The lowest BCUT2D eigenvalue weighted by Gasteiger charge is -2.04. The van der Waals surface area contributed by atoms with Crippen molar-refractivity contribution in [3.63, 3.8) is 0 Å². The molecule has 0 aliphatic rings. The van der Waals surface area contributed by atoms with Crippen LogP contribution >= 0.6 is 0 Å². The van der Waals surface area contributed by atoms with Crippen LogP contribution in [-0.2, 0) is 11.3 Å². The van der Waals surface area contributed by atoms with Gasteiger partial charge in [0.15, 0.2) is 0 Å². The van der Waals surface area contributed by atoms with Crippen LogP contribution in [0.4, 0.5) is 4.39 Å². The van der Waals surface area contributed by atoms with Crippen molar-refractivity contribution in [1.82, 2.24) is 5.32 Å². The molecule has 0 unspecified atom stereocenters. The summed E-state index contributed by atoms with van der Waals surface area (Å²) in [5, 5.41) is 2.78. The fourth-order valence-corrected chi connectivity index (χ4v) is 1.82. The summed E-state index contributed by atoms with van der Waals surface area (Å²) in [7, 11) is 0. The van der Waals surface area contributed by atoms with E-state index in [9.17, 15) is 9.18 Å².